The summed E-state index contributed by atoms with van der Waals surface area (Å²) in [5.41, 5.74) is 21.2. The van der Waals surface area contributed by atoms with Crippen LogP contribution >= 0.6 is 0 Å². The number of carbonyl (C=O) groups is 4. The van der Waals surface area contributed by atoms with Crippen LogP contribution in [0.1, 0.15) is 73.1 Å². The maximum absolute atomic E-state index is 11.7. The normalized spacial score (nSPS) is 11.0. The van der Waals surface area contributed by atoms with Crippen LogP contribution in [0.5, 0.6) is 0 Å². The number of aliphatic carboxylic acids is 2. The van der Waals surface area contributed by atoms with Gasteiger partial charge in [-0.1, -0.05) is 34.1 Å². The first kappa shape index (κ1) is 39.3. The molecular weight excluding hydrogens is 458 g/mol. The average molecular weight is 508 g/mol. The molecule has 35 heavy (non-hydrogen) atoms. The van der Waals surface area contributed by atoms with E-state index in [-0.39, 0.29) is 36.9 Å². The Morgan fingerprint density at radius 1 is 1.03 bits per heavy atom. The van der Waals surface area contributed by atoms with Gasteiger partial charge in [0.25, 0.3) is 0 Å². The summed E-state index contributed by atoms with van der Waals surface area (Å²) in [5, 5.41) is 20.5. The number of carboxylic acids is 2. The fourth-order valence-electron chi connectivity index (χ4n) is 2.13. The number of guanidine groups is 1. The van der Waals surface area contributed by atoms with Crippen LogP contribution in [0.25, 0.3) is 0 Å². The molecule has 0 aromatic heterocycles. The van der Waals surface area contributed by atoms with Gasteiger partial charge in [-0.15, -0.1) is 0 Å². The molecule has 0 bridgehead atoms. The monoisotopic (exact) mass is 507 g/mol. The minimum Gasteiger partial charge on any atom is -0.481 e. The summed E-state index contributed by atoms with van der Waals surface area (Å²) in [4.78, 5) is 43.6. The van der Waals surface area contributed by atoms with Crippen LogP contribution in [0.2, 0.25) is 0 Å². The van der Waals surface area contributed by atoms with Crippen molar-refractivity contribution < 1.29 is 29.4 Å². The van der Waals surface area contributed by atoms with E-state index in [0.29, 0.717) is 18.9 Å². The van der Waals surface area contributed by atoms with E-state index in [1.807, 2.05) is 19.2 Å². The smallest absolute Gasteiger partial charge is 0.322 e. The molecule has 2 unspecified atom stereocenters. The van der Waals surface area contributed by atoms with Crippen molar-refractivity contribution in [3.05, 3.63) is 0 Å². The summed E-state index contributed by atoms with van der Waals surface area (Å²) in [6.07, 6.45) is 5.12. The Balaban J connectivity index is -0.000000209. The SMILES string of the molecule is CC(C)CC(C)NC(=O)C(N)CCCCN.CCC(=O)O.CCCN=C(N)N.O=CNCC(=O)O. The zero-order chi connectivity index (χ0) is 28.2. The molecule has 12 N–H and O–H groups in total. The van der Waals surface area contributed by atoms with Crippen molar-refractivity contribution in [1.82, 2.24) is 10.6 Å². The van der Waals surface area contributed by atoms with Crippen LogP contribution in [0, 0.1) is 5.92 Å². The second kappa shape index (κ2) is 29.1. The van der Waals surface area contributed by atoms with Gasteiger partial charge in [0.2, 0.25) is 12.3 Å². The van der Waals surface area contributed by atoms with Crippen LogP contribution in [0.3, 0.4) is 0 Å². The third kappa shape index (κ3) is 45.3. The second-order valence-electron chi connectivity index (χ2n) is 7.88. The molecule has 2 amide bonds. The minimum absolute atomic E-state index is 0.0369. The van der Waals surface area contributed by atoms with Gasteiger partial charge in [0.05, 0.1) is 6.04 Å². The molecule has 0 spiro atoms. The van der Waals surface area contributed by atoms with Gasteiger partial charge in [0.1, 0.15) is 6.54 Å². The van der Waals surface area contributed by atoms with Crippen LogP contribution in [0.4, 0.5) is 0 Å². The number of amides is 2. The van der Waals surface area contributed by atoms with E-state index >= 15 is 0 Å². The summed E-state index contributed by atoms with van der Waals surface area (Å²) in [6.45, 7) is 11.0. The lowest BCUT2D eigenvalue weighted by Gasteiger charge is -2.18. The molecule has 0 aromatic rings. The maximum Gasteiger partial charge on any atom is 0.322 e. The van der Waals surface area contributed by atoms with Crippen molar-refractivity contribution in [3.8, 4) is 0 Å². The van der Waals surface area contributed by atoms with Crippen LogP contribution in [-0.2, 0) is 19.2 Å². The van der Waals surface area contributed by atoms with Gasteiger partial charge in [-0.2, -0.15) is 0 Å². The van der Waals surface area contributed by atoms with E-state index in [9.17, 15) is 19.2 Å². The quantitative estimate of drug-likeness (QED) is 0.0673. The van der Waals surface area contributed by atoms with Gasteiger partial charge < -0.3 is 43.8 Å². The molecule has 0 heterocycles. The summed E-state index contributed by atoms with van der Waals surface area (Å²) in [7, 11) is 0. The number of unbranched alkanes of at least 4 members (excludes halogenated alkanes) is 1. The van der Waals surface area contributed by atoms with Crippen molar-refractivity contribution in [3.63, 3.8) is 0 Å². The molecule has 0 aliphatic carbocycles. The Hall–Kier alpha value is -2.93. The van der Waals surface area contributed by atoms with Crippen LogP contribution in [-0.4, -0.2) is 72.1 Å². The van der Waals surface area contributed by atoms with Gasteiger partial charge in [-0.3, -0.25) is 24.2 Å². The Bertz CT molecular complexity index is 570. The van der Waals surface area contributed by atoms with Gasteiger partial charge in [-0.05, 0) is 45.1 Å². The zero-order valence-corrected chi connectivity index (χ0v) is 22.0. The van der Waals surface area contributed by atoms with Crippen LogP contribution < -0.4 is 33.6 Å². The van der Waals surface area contributed by atoms with Gasteiger partial charge in [-0.25, -0.2) is 0 Å². The molecule has 0 radical (unpaired) electrons. The van der Waals surface area contributed by atoms with E-state index < -0.39 is 11.9 Å². The highest BCUT2D eigenvalue weighted by atomic mass is 16.4. The number of hydrogen-bond donors (Lipinski definition) is 8. The highest BCUT2D eigenvalue weighted by Crippen LogP contribution is 2.05. The Morgan fingerprint density at radius 2 is 1.57 bits per heavy atom. The molecule has 2 atom stereocenters. The fourth-order valence-corrected chi connectivity index (χ4v) is 2.13. The van der Waals surface area contributed by atoms with E-state index in [4.69, 9.17) is 33.1 Å². The van der Waals surface area contributed by atoms with Gasteiger partial charge in [0, 0.05) is 19.0 Å². The molecule has 13 nitrogen and oxygen atoms in total. The molecule has 0 fully saturated rings. The number of rotatable bonds is 14. The standard InChI is InChI=1S/C12H27N3O.C4H11N3.C3H5NO3.C3H6O2/c1-9(2)8-10(3)15-12(16)11(14)6-4-5-7-13;1-2-3-7-4(5)6;5-2-4-1-3(6)7;1-2-3(4)5/h9-11H,4-8,13-14H2,1-3H3,(H,15,16);2-3H2,1H3,(H4,5,6,7);2H,1H2,(H,4,5)(H,6,7);2H2,1H3,(H,4,5). The second-order valence-corrected chi connectivity index (χ2v) is 7.88. The largest absolute Gasteiger partial charge is 0.481 e. The number of nitrogens with one attached hydrogen (secondary N) is 2. The molecular formula is C22H49N7O6. The Labute approximate surface area is 209 Å². The molecule has 13 heteroatoms. The van der Waals surface area contributed by atoms with Gasteiger partial charge >= 0.3 is 11.9 Å². The average Bonchev–Trinajstić information content (AvgIpc) is 2.76. The van der Waals surface area contributed by atoms with Crippen molar-refractivity contribution in [2.45, 2.75) is 85.2 Å². The predicted molar refractivity (Wildman–Crippen MR) is 139 cm³/mol. The number of aliphatic imine (C=N–C) groups is 1. The number of nitrogens with zero attached hydrogens (tertiary/aromatic N) is 1. The third-order valence-corrected chi connectivity index (χ3v) is 3.68. The predicted octanol–water partition coefficient (Wildman–Crippen LogP) is -0.0387. The van der Waals surface area contributed by atoms with Crippen molar-refractivity contribution in [2.75, 3.05) is 19.6 Å². The first-order chi connectivity index (χ1) is 16.3. The number of carboxylic acid groups (broad SMARTS) is 2. The lowest BCUT2D eigenvalue weighted by atomic mass is 10.0. The summed E-state index contributed by atoms with van der Waals surface area (Å²) in [6, 6.07) is -0.186. The van der Waals surface area contributed by atoms with E-state index in [1.54, 1.807) is 6.92 Å². The summed E-state index contributed by atoms with van der Waals surface area (Å²) >= 11 is 0. The Morgan fingerprint density at radius 3 is 1.86 bits per heavy atom. The van der Waals surface area contributed by atoms with Crippen LogP contribution in [0.15, 0.2) is 4.99 Å². The van der Waals surface area contributed by atoms with E-state index in [2.05, 4.69) is 24.2 Å². The van der Waals surface area contributed by atoms with Crippen molar-refractivity contribution in [1.29, 1.82) is 0 Å². The molecule has 208 valence electrons. The number of hydrogen-bond acceptors (Lipinski definition) is 7. The maximum atomic E-state index is 11.7. The van der Waals surface area contributed by atoms with E-state index in [0.717, 1.165) is 38.6 Å². The molecule has 0 saturated carbocycles. The number of nitrogens with two attached hydrogens (primary N) is 4. The van der Waals surface area contributed by atoms with E-state index in [1.165, 1.54) is 0 Å². The van der Waals surface area contributed by atoms with Crippen molar-refractivity contribution >= 4 is 30.2 Å². The Kier molecular flexibility index (Phi) is 32.7. The summed E-state index contributed by atoms with van der Waals surface area (Å²) < 4.78 is 0. The fraction of sp³-hybridized carbons (Fsp3) is 0.773. The molecule has 0 aliphatic rings. The van der Waals surface area contributed by atoms with Crippen molar-refractivity contribution in [2.24, 2.45) is 33.8 Å². The number of carbonyl (C=O) groups excluding carboxylic acids is 2. The summed E-state index contributed by atoms with van der Waals surface area (Å²) in [5.74, 6) is -1.05. The van der Waals surface area contributed by atoms with Gasteiger partial charge in [0.15, 0.2) is 5.96 Å². The molecule has 0 saturated heterocycles. The third-order valence-electron chi connectivity index (χ3n) is 3.68. The molecule has 0 rings (SSSR count). The molecule has 0 aliphatic heterocycles. The first-order valence-corrected chi connectivity index (χ1v) is 11.7. The highest BCUT2D eigenvalue weighted by molar-refractivity contribution is 5.81. The molecule has 0 aromatic carbocycles. The highest BCUT2D eigenvalue weighted by Gasteiger charge is 2.15. The minimum atomic E-state index is -1.04. The zero-order valence-electron chi connectivity index (χ0n) is 22.0. The topological polar surface area (TPSA) is 249 Å². The lowest BCUT2D eigenvalue weighted by molar-refractivity contribution is -0.137. The lowest BCUT2D eigenvalue weighted by Crippen LogP contribution is -2.44. The first-order valence-electron chi connectivity index (χ1n) is 11.7.